The summed E-state index contributed by atoms with van der Waals surface area (Å²) < 4.78 is 0. The van der Waals surface area contributed by atoms with Gasteiger partial charge in [-0.2, -0.15) is 0 Å². The Hall–Kier alpha value is -0.690. The molecular weight excluding hydrogens is 346 g/mol. The summed E-state index contributed by atoms with van der Waals surface area (Å²) in [6.45, 7) is 2.30. The molecule has 1 aliphatic rings. The molecule has 0 radical (unpaired) electrons. The lowest BCUT2D eigenvalue weighted by molar-refractivity contribution is -0.139. The zero-order valence-electron chi connectivity index (χ0n) is 17.0. The van der Waals surface area contributed by atoms with E-state index in [0.29, 0.717) is 18.4 Å². The van der Waals surface area contributed by atoms with Crippen molar-refractivity contribution in [2.24, 2.45) is 5.92 Å². The number of aliphatic hydroxyl groups excluding tert-OH is 3. The van der Waals surface area contributed by atoms with E-state index >= 15 is 0 Å². The second-order valence-electron chi connectivity index (χ2n) is 8.35. The summed E-state index contributed by atoms with van der Waals surface area (Å²) in [5.74, 6) is -0.302. The summed E-state index contributed by atoms with van der Waals surface area (Å²) in [6.07, 6.45) is 11.0. The van der Waals surface area contributed by atoms with E-state index in [-0.39, 0.29) is 25.2 Å². The molecule has 0 bridgehead atoms. The maximum atomic E-state index is 10.5. The molecular formula is C21H41NO5. The molecule has 6 nitrogen and oxygen atoms in total. The maximum absolute atomic E-state index is 10.5. The van der Waals surface area contributed by atoms with E-state index in [1.165, 1.54) is 6.42 Å². The molecule has 1 heterocycles. The van der Waals surface area contributed by atoms with Crippen molar-refractivity contribution in [2.45, 2.75) is 115 Å². The minimum absolute atomic E-state index is 0.159. The molecule has 0 aromatic carbocycles. The van der Waals surface area contributed by atoms with Crippen molar-refractivity contribution < 1.29 is 25.2 Å². The Bertz CT molecular complexity index is 393. The number of carboxylic acid groups (broad SMARTS) is 1. The molecule has 0 amide bonds. The van der Waals surface area contributed by atoms with Crippen LogP contribution in [0.15, 0.2) is 0 Å². The summed E-state index contributed by atoms with van der Waals surface area (Å²) in [5, 5.41) is 40.7. The molecule has 0 saturated carbocycles. The fourth-order valence-electron chi connectivity index (χ4n) is 4.14. The quantitative estimate of drug-likeness (QED) is 0.276. The zero-order chi connectivity index (χ0) is 20.1. The minimum atomic E-state index is -0.939. The van der Waals surface area contributed by atoms with Crippen LogP contribution in [-0.4, -0.2) is 57.3 Å². The summed E-state index contributed by atoms with van der Waals surface area (Å²) in [4.78, 5) is 10.5. The summed E-state index contributed by atoms with van der Waals surface area (Å²) >= 11 is 0. The third-order valence-electron chi connectivity index (χ3n) is 5.89. The van der Waals surface area contributed by atoms with E-state index in [9.17, 15) is 15.0 Å². The van der Waals surface area contributed by atoms with E-state index < -0.39 is 12.1 Å². The van der Waals surface area contributed by atoms with Gasteiger partial charge in [0.15, 0.2) is 0 Å². The van der Waals surface area contributed by atoms with Crippen molar-refractivity contribution in [3.05, 3.63) is 0 Å². The molecule has 0 aromatic rings. The Morgan fingerprint density at radius 1 is 1.04 bits per heavy atom. The highest BCUT2D eigenvalue weighted by atomic mass is 16.4. The predicted molar refractivity (Wildman–Crippen MR) is 107 cm³/mol. The van der Waals surface area contributed by atoms with Gasteiger partial charge in [-0.25, -0.2) is 0 Å². The third-order valence-corrected chi connectivity index (χ3v) is 5.89. The summed E-state index contributed by atoms with van der Waals surface area (Å²) in [7, 11) is 0. The lowest BCUT2D eigenvalue weighted by Crippen LogP contribution is -2.48. The van der Waals surface area contributed by atoms with E-state index in [2.05, 4.69) is 5.32 Å². The van der Waals surface area contributed by atoms with Crippen LogP contribution < -0.4 is 5.32 Å². The molecule has 1 aliphatic heterocycles. The molecule has 0 spiro atoms. The Morgan fingerprint density at radius 2 is 1.70 bits per heavy atom. The normalized spacial score (nSPS) is 25.3. The first-order valence-corrected chi connectivity index (χ1v) is 10.9. The zero-order valence-corrected chi connectivity index (χ0v) is 17.0. The molecule has 0 aromatic heterocycles. The highest BCUT2D eigenvalue weighted by Gasteiger charge is 2.25. The summed E-state index contributed by atoms with van der Waals surface area (Å²) in [5.41, 5.74) is 0. The van der Waals surface area contributed by atoms with Gasteiger partial charge >= 0.3 is 5.97 Å². The number of piperidine rings is 1. The van der Waals surface area contributed by atoms with Crippen molar-refractivity contribution in [1.29, 1.82) is 0 Å². The highest BCUT2D eigenvalue weighted by Crippen LogP contribution is 2.25. The van der Waals surface area contributed by atoms with Crippen molar-refractivity contribution >= 4 is 5.97 Å². The van der Waals surface area contributed by atoms with Gasteiger partial charge in [-0.1, -0.05) is 32.1 Å². The number of carbonyl (C=O) groups is 1. The molecule has 5 N–H and O–H groups in total. The molecule has 6 heteroatoms. The van der Waals surface area contributed by atoms with Crippen LogP contribution in [0.4, 0.5) is 0 Å². The molecule has 1 saturated heterocycles. The molecule has 1 rings (SSSR count). The van der Waals surface area contributed by atoms with Crippen LogP contribution in [0.1, 0.15) is 90.4 Å². The van der Waals surface area contributed by atoms with Crippen molar-refractivity contribution in [2.75, 3.05) is 6.61 Å². The molecule has 0 unspecified atom stereocenters. The largest absolute Gasteiger partial charge is 0.481 e. The van der Waals surface area contributed by atoms with Gasteiger partial charge in [0, 0.05) is 18.7 Å². The van der Waals surface area contributed by atoms with E-state index in [0.717, 1.165) is 64.2 Å². The number of aliphatic carboxylic acids is 1. The fourth-order valence-corrected chi connectivity index (χ4v) is 4.14. The number of nitrogens with one attached hydrogen (secondary N) is 1. The van der Waals surface area contributed by atoms with Crippen LogP contribution >= 0.6 is 0 Å². The Kier molecular flexibility index (Phi) is 12.9. The number of rotatable bonds is 15. The van der Waals surface area contributed by atoms with Crippen LogP contribution in [0.25, 0.3) is 0 Å². The topological polar surface area (TPSA) is 110 Å². The number of unbranched alkanes of at least 4 members (excludes halogenated alkanes) is 3. The van der Waals surface area contributed by atoms with Gasteiger partial charge in [0.1, 0.15) is 0 Å². The number of aliphatic hydroxyl groups is 3. The maximum Gasteiger partial charge on any atom is 0.305 e. The second-order valence-corrected chi connectivity index (χ2v) is 8.35. The molecule has 0 aliphatic carbocycles. The SMILES string of the molecule is C[C@@H]1N[C@H](CC[C@H](CCCO)CCCCCC[C@@H](O)CC(=O)O)CC[C@H]1O. The number of hydrogen-bond donors (Lipinski definition) is 5. The first-order chi connectivity index (χ1) is 12.9. The van der Waals surface area contributed by atoms with E-state index in [4.69, 9.17) is 10.2 Å². The lowest BCUT2D eigenvalue weighted by atomic mass is 9.87. The third kappa shape index (κ3) is 11.7. The smallest absolute Gasteiger partial charge is 0.305 e. The van der Waals surface area contributed by atoms with Gasteiger partial charge in [0.2, 0.25) is 0 Å². The minimum Gasteiger partial charge on any atom is -0.481 e. The van der Waals surface area contributed by atoms with Crippen LogP contribution in [0.2, 0.25) is 0 Å². The fraction of sp³-hybridized carbons (Fsp3) is 0.952. The van der Waals surface area contributed by atoms with Gasteiger partial charge in [-0.3, -0.25) is 4.79 Å². The standard InChI is InChI=1S/C21H41NO5/c1-16-20(25)13-12-18(22-16)11-10-17(8-6-14-23)7-4-2-3-5-9-19(24)15-21(26)27/h16-20,22-25H,2-15H2,1H3,(H,26,27)/t16-,17-,18+,19+,20+/m0/s1. The predicted octanol–water partition coefficient (Wildman–Crippen LogP) is 2.83. The Labute approximate surface area is 164 Å². The number of hydrogen-bond acceptors (Lipinski definition) is 5. The first-order valence-electron chi connectivity index (χ1n) is 10.9. The van der Waals surface area contributed by atoms with Gasteiger partial charge < -0.3 is 25.7 Å². The first kappa shape index (κ1) is 24.3. The lowest BCUT2D eigenvalue weighted by Gasteiger charge is -2.33. The molecule has 160 valence electrons. The molecule has 27 heavy (non-hydrogen) atoms. The van der Waals surface area contributed by atoms with Crippen LogP contribution in [0.5, 0.6) is 0 Å². The van der Waals surface area contributed by atoms with Gasteiger partial charge in [-0.15, -0.1) is 0 Å². The van der Waals surface area contributed by atoms with Crippen molar-refractivity contribution in [3.63, 3.8) is 0 Å². The Balaban J connectivity index is 2.17. The average Bonchev–Trinajstić information content (AvgIpc) is 2.61. The molecule has 1 fully saturated rings. The number of carboxylic acids is 1. The average molecular weight is 388 g/mol. The van der Waals surface area contributed by atoms with Gasteiger partial charge in [0.25, 0.3) is 0 Å². The highest BCUT2D eigenvalue weighted by molar-refractivity contribution is 5.67. The Morgan fingerprint density at radius 3 is 2.33 bits per heavy atom. The van der Waals surface area contributed by atoms with Crippen LogP contribution in [-0.2, 0) is 4.79 Å². The summed E-state index contributed by atoms with van der Waals surface area (Å²) in [6, 6.07) is 0.673. The van der Waals surface area contributed by atoms with Crippen molar-refractivity contribution in [3.8, 4) is 0 Å². The van der Waals surface area contributed by atoms with E-state index in [1.807, 2.05) is 6.92 Å². The molecule has 5 atom stereocenters. The van der Waals surface area contributed by atoms with Crippen molar-refractivity contribution in [1.82, 2.24) is 5.32 Å². The second kappa shape index (κ2) is 14.3. The van der Waals surface area contributed by atoms with E-state index in [1.54, 1.807) is 0 Å². The van der Waals surface area contributed by atoms with Gasteiger partial charge in [-0.05, 0) is 57.8 Å². The monoisotopic (exact) mass is 387 g/mol. The van der Waals surface area contributed by atoms with Crippen LogP contribution in [0.3, 0.4) is 0 Å². The van der Waals surface area contributed by atoms with Crippen LogP contribution in [0, 0.1) is 5.92 Å². The van der Waals surface area contributed by atoms with Gasteiger partial charge in [0.05, 0.1) is 18.6 Å².